The van der Waals surface area contributed by atoms with Gasteiger partial charge in [0.05, 0.1) is 29.4 Å². The SMILES string of the molecule is CCOc1ccc(CCNC(=O)CN2C(=O)/C(=C/c3ccc(C(F)(F)F)cc3)Sc3ccccc32)cc1OCC. The third-order valence-electron chi connectivity index (χ3n) is 6.01. The van der Waals surface area contributed by atoms with E-state index in [4.69, 9.17) is 9.47 Å². The summed E-state index contributed by atoms with van der Waals surface area (Å²) in [5.41, 5.74) is 1.25. The maximum atomic E-state index is 13.4. The molecule has 0 atom stereocenters. The molecule has 3 aromatic carbocycles. The molecule has 1 N–H and O–H groups in total. The van der Waals surface area contributed by atoms with Crippen molar-refractivity contribution in [2.75, 3.05) is 31.2 Å². The van der Waals surface area contributed by atoms with E-state index >= 15 is 0 Å². The van der Waals surface area contributed by atoms with E-state index in [2.05, 4.69) is 5.32 Å². The van der Waals surface area contributed by atoms with Gasteiger partial charge >= 0.3 is 6.18 Å². The van der Waals surface area contributed by atoms with Crippen LogP contribution in [0.2, 0.25) is 0 Å². The second-order valence-corrected chi connectivity index (χ2v) is 9.92. The average molecular weight is 571 g/mol. The number of fused-ring (bicyclic) bond motifs is 1. The molecular weight excluding hydrogens is 541 g/mol. The zero-order chi connectivity index (χ0) is 28.7. The van der Waals surface area contributed by atoms with Crippen LogP contribution in [0.5, 0.6) is 11.5 Å². The van der Waals surface area contributed by atoms with Gasteiger partial charge in [0, 0.05) is 11.4 Å². The number of rotatable bonds is 10. The number of nitrogens with one attached hydrogen (secondary N) is 1. The number of para-hydroxylation sites is 1. The first-order chi connectivity index (χ1) is 19.2. The number of nitrogens with zero attached hydrogens (tertiary/aromatic N) is 1. The Morgan fingerprint density at radius 1 is 0.975 bits per heavy atom. The fraction of sp³-hybridized carbons (Fsp3) is 0.267. The molecule has 0 fully saturated rings. The molecule has 0 saturated heterocycles. The largest absolute Gasteiger partial charge is 0.490 e. The van der Waals surface area contributed by atoms with Crippen molar-refractivity contribution in [3.05, 3.63) is 88.3 Å². The molecule has 0 radical (unpaired) electrons. The van der Waals surface area contributed by atoms with E-state index in [0.717, 1.165) is 22.6 Å². The molecule has 10 heteroatoms. The van der Waals surface area contributed by atoms with Crippen LogP contribution in [0.1, 0.15) is 30.5 Å². The standard InChI is InChI=1S/C30H29F3N2O4S/c1-3-38-24-14-11-21(17-25(24)39-4-2)15-16-34-28(36)19-35-23-7-5-6-8-26(23)40-27(29(35)37)18-20-9-12-22(13-10-20)30(31,32)33/h5-14,17-18H,3-4,15-16,19H2,1-2H3,(H,34,36)/b27-18-. The lowest BCUT2D eigenvalue weighted by molar-refractivity contribution is -0.137. The lowest BCUT2D eigenvalue weighted by Gasteiger charge is -2.29. The first kappa shape index (κ1) is 29.1. The summed E-state index contributed by atoms with van der Waals surface area (Å²) in [5.74, 6) is 0.581. The van der Waals surface area contributed by atoms with Crippen LogP contribution < -0.4 is 19.7 Å². The number of hydrogen-bond acceptors (Lipinski definition) is 5. The molecule has 3 aromatic rings. The Bertz CT molecular complexity index is 1390. The van der Waals surface area contributed by atoms with E-state index in [-0.39, 0.29) is 12.5 Å². The Labute approximate surface area is 235 Å². The van der Waals surface area contributed by atoms with Gasteiger partial charge in [0.15, 0.2) is 11.5 Å². The summed E-state index contributed by atoms with van der Waals surface area (Å²) >= 11 is 1.22. The number of anilines is 1. The summed E-state index contributed by atoms with van der Waals surface area (Å²) in [4.78, 5) is 28.7. The van der Waals surface area contributed by atoms with Crippen LogP contribution in [0, 0.1) is 0 Å². The zero-order valence-corrected chi connectivity index (χ0v) is 22.9. The molecule has 1 aliphatic heterocycles. The summed E-state index contributed by atoms with van der Waals surface area (Å²) < 4.78 is 50.0. The minimum absolute atomic E-state index is 0.200. The first-order valence-corrected chi connectivity index (χ1v) is 13.6. The topological polar surface area (TPSA) is 67.9 Å². The monoisotopic (exact) mass is 570 g/mol. The lowest BCUT2D eigenvalue weighted by Crippen LogP contribution is -2.43. The minimum atomic E-state index is -4.44. The molecule has 0 bridgehead atoms. The number of alkyl halides is 3. The molecule has 0 aliphatic carbocycles. The van der Waals surface area contributed by atoms with Crippen LogP contribution in [-0.2, 0) is 22.2 Å². The van der Waals surface area contributed by atoms with E-state index < -0.39 is 17.6 Å². The molecule has 1 aliphatic rings. The van der Waals surface area contributed by atoms with Gasteiger partial charge in [-0.2, -0.15) is 13.2 Å². The average Bonchev–Trinajstić information content (AvgIpc) is 2.92. The van der Waals surface area contributed by atoms with E-state index in [1.54, 1.807) is 12.1 Å². The summed E-state index contributed by atoms with van der Waals surface area (Å²) in [6.45, 7) is 4.97. The van der Waals surface area contributed by atoms with Crippen molar-refractivity contribution in [1.82, 2.24) is 5.32 Å². The Morgan fingerprint density at radius 2 is 1.68 bits per heavy atom. The van der Waals surface area contributed by atoms with Crippen molar-refractivity contribution in [3.63, 3.8) is 0 Å². The number of benzene rings is 3. The Hall–Kier alpha value is -3.92. The summed E-state index contributed by atoms with van der Waals surface area (Å²) in [6.07, 6.45) is -2.35. The molecule has 210 valence electrons. The maximum Gasteiger partial charge on any atom is 0.416 e. The summed E-state index contributed by atoms with van der Waals surface area (Å²) in [5, 5.41) is 2.87. The number of carbonyl (C=O) groups is 2. The normalized spacial score (nSPS) is 14.2. The Balaban J connectivity index is 1.44. The van der Waals surface area contributed by atoms with Crippen LogP contribution in [-0.4, -0.2) is 38.1 Å². The predicted molar refractivity (Wildman–Crippen MR) is 150 cm³/mol. The van der Waals surface area contributed by atoms with Gasteiger partial charge in [-0.3, -0.25) is 14.5 Å². The van der Waals surface area contributed by atoms with Gasteiger partial charge in [0.25, 0.3) is 5.91 Å². The van der Waals surface area contributed by atoms with E-state index in [0.29, 0.717) is 53.8 Å². The van der Waals surface area contributed by atoms with Crippen LogP contribution in [0.4, 0.5) is 18.9 Å². The fourth-order valence-corrected chi connectivity index (χ4v) is 5.19. The van der Waals surface area contributed by atoms with Crippen LogP contribution >= 0.6 is 11.8 Å². The predicted octanol–water partition coefficient (Wildman–Crippen LogP) is 6.34. The van der Waals surface area contributed by atoms with Gasteiger partial charge in [-0.1, -0.05) is 42.1 Å². The second-order valence-electron chi connectivity index (χ2n) is 8.84. The number of carbonyl (C=O) groups excluding carboxylic acids is 2. The molecule has 40 heavy (non-hydrogen) atoms. The van der Waals surface area contributed by atoms with Crippen LogP contribution in [0.3, 0.4) is 0 Å². The molecular formula is C30H29F3N2O4S. The van der Waals surface area contributed by atoms with Crippen molar-refractivity contribution < 1.29 is 32.2 Å². The van der Waals surface area contributed by atoms with Crippen molar-refractivity contribution in [1.29, 1.82) is 0 Å². The van der Waals surface area contributed by atoms with E-state index in [1.807, 2.05) is 44.2 Å². The van der Waals surface area contributed by atoms with Gasteiger partial charge in [-0.15, -0.1) is 0 Å². The number of hydrogen-bond donors (Lipinski definition) is 1. The van der Waals surface area contributed by atoms with Crippen molar-refractivity contribution >= 4 is 35.3 Å². The highest BCUT2D eigenvalue weighted by atomic mass is 32.2. The van der Waals surface area contributed by atoms with Gasteiger partial charge in [-0.25, -0.2) is 0 Å². The van der Waals surface area contributed by atoms with Crippen molar-refractivity contribution in [3.8, 4) is 11.5 Å². The molecule has 0 saturated carbocycles. The molecule has 0 aromatic heterocycles. The fourth-order valence-electron chi connectivity index (χ4n) is 4.14. The Kier molecular flexibility index (Phi) is 9.42. The number of thioether (sulfide) groups is 1. The maximum absolute atomic E-state index is 13.4. The minimum Gasteiger partial charge on any atom is -0.490 e. The van der Waals surface area contributed by atoms with Gasteiger partial charge in [0.1, 0.15) is 6.54 Å². The molecule has 4 rings (SSSR count). The molecule has 0 unspecified atom stereocenters. The summed E-state index contributed by atoms with van der Waals surface area (Å²) in [6, 6.07) is 17.4. The zero-order valence-electron chi connectivity index (χ0n) is 22.1. The molecule has 2 amide bonds. The van der Waals surface area contributed by atoms with E-state index in [1.165, 1.54) is 34.9 Å². The lowest BCUT2D eigenvalue weighted by atomic mass is 10.1. The van der Waals surface area contributed by atoms with Crippen molar-refractivity contribution in [2.45, 2.75) is 31.3 Å². The van der Waals surface area contributed by atoms with Crippen molar-refractivity contribution in [2.24, 2.45) is 0 Å². The van der Waals surface area contributed by atoms with Gasteiger partial charge < -0.3 is 14.8 Å². The highest BCUT2D eigenvalue weighted by Crippen LogP contribution is 2.42. The number of halogens is 3. The Morgan fingerprint density at radius 3 is 2.38 bits per heavy atom. The number of amides is 2. The highest BCUT2D eigenvalue weighted by Gasteiger charge is 2.31. The second kappa shape index (κ2) is 13.0. The quantitative estimate of drug-likeness (QED) is 0.288. The molecule has 0 spiro atoms. The number of ether oxygens (including phenoxy) is 2. The smallest absolute Gasteiger partial charge is 0.416 e. The van der Waals surface area contributed by atoms with Crippen LogP contribution in [0.25, 0.3) is 6.08 Å². The summed E-state index contributed by atoms with van der Waals surface area (Å²) in [7, 11) is 0. The van der Waals surface area contributed by atoms with Crippen LogP contribution in [0.15, 0.2) is 76.5 Å². The molecule has 1 heterocycles. The highest BCUT2D eigenvalue weighted by molar-refractivity contribution is 8.04. The van der Waals surface area contributed by atoms with E-state index in [9.17, 15) is 22.8 Å². The molecule has 6 nitrogen and oxygen atoms in total. The first-order valence-electron chi connectivity index (χ1n) is 12.8. The third kappa shape index (κ3) is 7.18. The third-order valence-corrected chi connectivity index (χ3v) is 7.09. The van der Waals surface area contributed by atoms with Gasteiger partial charge in [0.2, 0.25) is 5.91 Å². The van der Waals surface area contributed by atoms with Gasteiger partial charge in [-0.05, 0) is 73.9 Å².